The molecule has 1 N–H and O–H groups in total. The van der Waals surface area contributed by atoms with Crippen LogP contribution in [0, 0.1) is 5.92 Å². The van der Waals surface area contributed by atoms with Gasteiger partial charge in [0.05, 0.1) is 5.92 Å². The van der Waals surface area contributed by atoms with Crippen LogP contribution in [0.5, 0.6) is 0 Å². The first-order valence-electron chi connectivity index (χ1n) is 3.55. The van der Waals surface area contributed by atoms with E-state index in [1.165, 1.54) is 0 Å². The van der Waals surface area contributed by atoms with Gasteiger partial charge in [-0.15, -0.1) is 0 Å². The molecule has 2 atom stereocenters. The molecule has 0 aromatic carbocycles. The molecule has 0 bridgehead atoms. The van der Waals surface area contributed by atoms with Crippen LogP contribution in [0.4, 0.5) is 8.78 Å². The summed E-state index contributed by atoms with van der Waals surface area (Å²) in [6.07, 6.45) is 0.134. The SMILES string of the molecule is O=C(O)C1CCC(F)(CF)C1. The molecule has 1 saturated carbocycles. The van der Waals surface area contributed by atoms with Crippen LogP contribution in [0.1, 0.15) is 19.3 Å². The van der Waals surface area contributed by atoms with Gasteiger partial charge in [0.1, 0.15) is 12.3 Å². The number of carboxylic acids is 1. The van der Waals surface area contributed by atoms with Crippen molar-refractivity contribution < 1.29 is 18.7 Å². The number of alkyl halides is 2. The average Bonchev–Trinajstić information content (AvgIpc) is 2.33. The topological polar surface area (TPSA) is 37.3 Å². The lowest BCUT2D eigenvalue weighted by atomic mass is 10.0. The minimum atomic E-state index is -1.86. The van der Waals surface area contributed by atoms with E-state index in [0.717, 1.165) is 0 Å². The average molecular weight is 164 g/mol. The van der Waals surface area contributed by atoms with E-state index in [1.807, 2.05) is 0 Å². The van der Waals surface area contributed by atoms with E-state index >= 15 is 0 Å². The summed E-state index contributed by atoms with van der Waals surface area (Å²) < 4.78 is 25.0. The van der Waals surface area contributed by atoms with Crippen molar-refractivity contribution in [2.45, 2.75) is 24.9 Å². The first-order valence-corrected chi connectivity index (χ1v) is 3.55. The zero-order chi connectivity index (χ0) is 8.48. The van der Waals surface area contributed by atoms with Crippen molar-refractivity contribution in [2.24, 2.45) is 5.92 Å². The first-order chi connectivity index (χ1) is 5.07. The molecule has 0 amide bonds. The standard InChI is InChI=1S/C7H10F2O2/c8-4-7(9)2-1-5(3-7)6(10)11/h5H,1-4H2,(H,10,11). The van der Waals surface area contributed by atoms with Gasteiger partial charge in [-0.3, -0.25) is 4.79 Å². The highest BCUT2D eigenvalue weighted by Gasteiger charge is 2.42. The summed E-state index contributed by atoms with van der Waals surface area (Å²) in [6.45, 7) is -1.06. The van der Waals surface area contributed by atoms with Crippen molar-refractivity contribution in [3.8, 4) is 0 Å². The highest BCUT2D eigenvalue weighted by Crippen LogP contribution is 2.37. The molecular weight excluding hydrogens is 154 g/mol. The van der Waals surface area contributed by atoms with E-state index in [9.17, 15) is 13.6 Å². The Bertz CT molecular complexity index is 172. The van der Waals surface area contributed by atoms with Gasteiger partial charge in [-0.2, -0.15) is 0 Å². The lowest BCUT2D eigenvalue weighted by Crippen LogP contribution is -2.22. The van der Waals surface area contributed by atoms with Crippen LogP contribution in [0.3, 0.4) is 0 Å². The van der Waals surface area contributed by atoms with Crippen molar-refractivity contribution >= 4 is 5.97 Å². The maximum atomic E-state index is 13.0. The second-order valence-corrected chi connectivity index (χ2v) is 3.06. The van der Waals surface area contributed by atoms with Crippen molar-refractivity contribution in [1.82, 2.24) is 0 Å². The van der Waals surface area contributed by atoms with Gasteiger partial charge in [0, 0.05) is 0 Å². The molecule has 0 aromatic rings. The summed E-state index contributed by atoms with van der Waals surface area (Å²) in [7, 11) is 0. The first kappa shape index (κ1) is 8.43. The predicted octanol–water partition coefficient (Wildman–Crippen LogP) is 1.55. The third kappa shape index (κ3) is 1.67. The molecule has 4 heteroatoms. The molecule has 0 heterocycles. The fourth-order valence-corrected chi connectivity index (χ4v) is 1.41. The van der Waals surface area contributed by atoms with Gasteiger partial charge >= 0.3 is 5.97 Å². The lowest BCUT2D eigenvalue weighted by Gasteiger charge is -2.12. The molecule has 0 aliphatic heterocycles. The summed E-state index contributed by atoms with van der Waals surface area (Å²) in [5.41, 5.74) is -1.86. The highest BCUT2D eigenvalue weighted by molar-refractivity contribution is 5.70. The molecule has 0 saturated heterocycles. The summed E-state index contributed by atoms with van der Waals surface area (Å²) >= 11 is 0. The van der Waals surface area contributed by atoms with E-state index in [2.05, 4.69) is 0 Å². The molecule has 0 radical (unpaired) electrons. The van der Waals surface area contributed by atoms with Crippen LogP contribution in [-0.2, 0) is 4.79 Å². The van der Waals surface area contributed by atoms with Gasteiger partial charge in [-0.25, -0.2) is 8.78 Å². The van der Waals surface area contributed by atoms with E-state index < -0.39 is 24.2 Å². The maximum absolute atomic E-state index is 13.0. The molecule has 1 fully saturated rings. The Kier molecular flexibility index (Phi) is 2.11. The van der Waals surface area contributed by atoms with Crippen LogP contribution >= 0.6 is 0 Å². The quantitative estimate of drug-likeness (QED) is 0.672. The van der Waals surface area contributed by atoms with E-state index in [-0.39, 0.29) is 19.3 Å². The van der Waals surface area contributed by atoms with Crippen LogP contribution in [0.15, 0.2) is 0 Å². The smallest absolute Gasteiger partial charge is 0.306 e. The zero-order valence-corrected chi connectivity index (χ0v) is 6.02. The summed E-state index contributed by atoms with van der Waals surface area (Å²) in [5, 5.41) is 8.45. The Labute approximate surface area is 63.2 Å². The number of rotatable bonds is 2. The third-order valence-corrected chi connectivity index (χ3v) is 2.14. The number of carbonyl (C=O) groups is 1. The summed E-state index contributed by atoms with van der Waals surface area (Å²) in [6, 6.07) is 0. The van der Waals surface area contributed by atoms with Crippen LogP contribution in [0.2, 0.25) is 0 Å². The molecular formula is C7H10F2O2. The van der Waals surface area contributed by atoms with Crippen LogP contribution < -0.4 is 0 Å². The Morgan fingerprint density at radius 2 is 2.36 bits per heavy atom. The molecule has 1 aliphatic rings. The molecule has 0 aromatic heterocycles. The maximum Gasteiger partial charge on any atom is 0.306 e. The minimum absolute atomic E-state index is 0.0421. The Morgan fingerprint density at radius 3 is 2.64 bits per heavy atom. The van der Waals surface area contributed by atoms with E-state index in [4.69, 9.17) is 5.11 Å². The number of hydrogen-bond acceptors (Lipinski definition) is 1. The van der Waals surface area contributed by atoms with Crippen molar-refractivity contribution in [3.05, 3.63) is 0 Å². The molecule has 11 heavy (non-hydrogen) atoms. The molecule has 2 unspecified atom stereocenters. The van der Waals surface area contributed by atoms with Gasteiger partial charge in [0.25, 0.3) is 0 Å². The van der Waals surface area contributed by atoms with Crippen LogP contribution in [-0.4, -0.2) is 23.4 Å². The van der Waals surface area contributed by atoms with E-state index in [0.29, 0.717) is 0 Å². The number of halogens is 2. The van der Waals surface area contributed by atoms with Crippen LogP contribution in [0.25, 0.3) is 0 Å². The third-order valence-electron chi connectivity index (χ3n) is 2.14. The van der Waals surface area contributed by atoms with Gasteiger partial charge in [-0.1, -0.05) is 0 Å². The lowest BCUT2D eigenvalue weighted by molar-refractivity contribution is -0.141. The number of hydrogen-bond donors (Lipinski definition) is 1. The second kappa shape index (κ2) is 2.75. The Hall–Kier alpha value is -0.670. The molecule has 64 valence electrons. The number of carboxylic acid groups (broad SMARTS) is 1. The van der Waals surface area contributed by atoms with Gasteiger partial charge in [0.2, 0.25) is 0 Å². The molecule has 0 spiro atoms. The van der Waals surface area contributed by atoms with Gasteiger partial charge < -0.3 is 5.11 Å². The monoisotopic (exact) mass is 164 g/mol. The van der Waals surface area contributed by atoms with Crippen molar-refractivity contribution in [3.63, 3.8) is 0 Å². The summed E-state index contributed by atoms with van der Waals surface area (Å²) in [5.74, 6) is -1.70. The van der Waals surface area contributed by atoms with Crippen molar-refractivity contribution in [1.29, 1.82) is 0 Å². The highest BCUT2D eigenvalue weighted by atomic mass is 19.2. The second-order valence-electron chi connectivity index (χ2n) is 3.06. The Morgan fingerprint density at radius 1 is 1.73 bits per heavy atom. The normalized spacial score (nSPS) is 37.5. The molecule has 2 nitrogen and oxygen atoms in total. The zero-order valence-electron chi connectivity index (χ0n) is 6.02. The molecule has 1 aliphatic carbocycles. The van der Waals surface area contributed by atoms with Gasteiger partial charge in [0.15, 0.2) is 0 Å². The number of aliphatic carboxylic acids is 1. The largest absolute Gasteiger partial charge is 0.481 e. The Balaban J connectivity index is 2.53. The van der Waals surface area contributed by atoms with Crippen molar-refractivity contribution in [2.75, 3.05) is 6.67 Å². The fourth-order valence-electron chi connectivity index (χ4n) is 1.41. The fraction of sp³-hybridized carbons (Fsp3) is 0.857. The summed E-state index contributed by atoms with van der Waals surface area (Å²) in [4.78, 5) is 10.3. The predicted molar refractivity (Wildman–Crippen MR) is 34.8 cm³/mol. The van der Waals surface area contributed by atoms with Gasteiger partial charge in [-0.05, 0) is 19.3 Å². The van der Waals surface area contributed by atoms with E-state index in [1.54, 1.807) is 0 Å². The molecule has 1 rings (SSSR count). The minimum Gasteiger partial charge on any atom is -0.481 e.